The van der Waals surface area contributed by atoms with E-state index in [0.29, 0.717) is 4.68 Å². The molecule has 0 aliphatic rings. The fourth-order valence-corrected chi connectivity index (χ4v) is 1.33. The zero-order valence-electron chi connectivity index (χ0n) is 9.08. The molecule has 0 aliphatic carbocycles. The van der Waals surface area contributed by atoms with Crippen molar-refractivity contribution in [1.82, 2.24) is 9.78 Å². The average Bonchev–Trinajstić information content (AvgIpc) is 2.23. The van der Waals surface area contributed by atoms with Crippen LogP contribution in [0.4, 0.5) is 18.6 Å². The molecule has 0 atom stereocenters. The number of nitrogens with zero attached hydrogens (tertiary/aromatic N) is 3. The minimum absolute atomic E-state index is 0. The Labute approximate surface area is 132 Å². The summed E-state index contributed by atoms with van der Waals surface area (Å²) in [5, 5.41) is 14.0. The Morgan fingerprint density at radius 1 is 1.44 bits per heavy atom. The van der Waals surface area contributed by atoms with Gasteiger partial charge in [-0.05, 0) is 13.8 Å². The van der Waals surface area contributed by atoms with Crippen molar-refractivity contribution in [3.63, 3.8) is 0 Å². The van der Waals surface area contributed by atoms with E-state index in [1.54, 1.807) is 0 Å². The summed E-state index contributed by atoms with van der Waals surface area (Å²) in [5.41, 5.74) is -0.427. The summed E-state index contributed by atoms with van der Waals surface area (Å²) < 4.78 is 36.9. The van der Waals surface area contributed by atoms with Gasteiger partial charge in [-0.15, -0.1) is 0 Å². The molecule has 0 aromatic carbocycles. The first kappa shape index (κ1) is 16.1. The maximum absolute atomic E-state index is 12.1. The van der Waals surface area contributed by atoms with E-state index in [9.17, 15) is 23.1 Å². The van der Waals surface area contributed by atoms with E-state index in [-0.39, 0.29) is 68.5 Å². The van der Waals surface area contributed by atoms with Crippen molar-refractivity contribution in [2.45, 2.75) is 20.3 Å². The van der Waals surface area contributed by atoms with Gasteiger partial charge in [0, 0.05) is 6.44 Å². The minimum Gasteiger partial charge on any atom is -0.448 e. The molecule has 1 aromatic heterocycles. The van der Waals surface area contributed by atoms with Crippen LogP contribution in [-0.4, -0.2) is 21.7 Å². The molecule has 10 heteroatoms. The van der Waals surface area contributed by atoms with Gasteiger partial charge in [0.05, 0.1) is 4.92 Å². The third-order valence-electron chi connectivity index (χ3n) is 1.91. The molecule has 0 saturated carbocycles. The average molecular weight is 261 g/mol. The van der Waals surface area contributed by atoms with Crippen LogP contribution >= 0.6 is 0 Å². The number of nitro groups is 1. The molecule has 0 saturated heterocycles. The van der Waals surface area contributed by atoms with Crippen LogP contribution in [-0.2, 0) is 6.44 Å². The first-order chi connectivity index (χ1) is 6.72. The normalized spacial score (nSPS) is 11.1. The summed E-state index contributed by atoms with van der Waals surface area (Å²) >= 11 is 0. The number of rotatable bonds is 3. The zero-order chi connectivity index (χ0) is 11.8. The van der Waals surface area contributed by atoms with E-state index in [1.807, 2.05) is 0 Å². The summed E-state index contributed by atoms with van der Waals surface area (Å²) in [4.78, 5) is 9.77. The minimum atomic E-state index is -5.05. The van der Waals surface area contributed by atoms with Gasteiger partial charge in [-0.3, -0.25) is 14.8 Å². The van der Waals surface area contributed by atoms with E-state index in [2.05, 4.69) is 5.10 Å². The standard InChI is InChI=1S/C6H8BF3N3O2.K/c1-4-6(13(14)15)5(2)12(11-4)3-7(8,9)10;/h3H2,1-2H3;/q-1;+1. The number of aromatic nitrogens is 2. The van der Waals surface area contributed by atoms with E-state index < -0.39 is 18.3 Å². The van der Waals surface area contributed by atoms with Gasteiger partial charge in [-0.1, -0.05) is 0 Å². The first-order valence-corrected chi connectivity index (χ1v) is 4.12. The summed E-state index contributed by atoms with van der Waals surface area (Å²) in [5.74, 6) is 0. The van der Waals surface area contributed by atoms with Gasteiger partial charge in [0.25, 0.3) is 0 Å². The maximum atomic E-state index is 12.1. The number of hydrogen-bond donors (Lipinski definition) is 0. The summed E-state index contributed by atoms with van der Waals surface area (Å²) in [6.45, 7) is -2.49. The molecule has 0 N–H and O–H groups in total. The predicted octanol–water partition coefficient (Wildman–Crippen LogP) is -1.20. The van der Waals surface area contributed by atoms with Gasteiger partial charge in [0.1, 0.15) is 11.4 Å². The second-order valence-corrected chi connectivity index (χ2v) is 3.17. The Bertz CT molecular complexity index is 406. The zero-order valence-corrected chi connectivity index (χ0v) is 12.2. The molecule has 0 radical (unpaired) electrons. The molecule has 16 heavy (non-hydrogen) atoms. The van der Waals surface area contributed by atoms with Crippen molar-refractivity contribution < 1.29 is 69.3 Å². The molecular formula is C6H8BF3KN3O2. The molecule has 0 aliphatic heterocycles. The van der Waals surface area contributed by atoms with E-state index in [4.69, 9.17) is 0 Å². The second kappa shape index (κ2) is 5.63. The van der Waals surface area contributed by atoms with Crippen LogP contribution in [0.15, 0.2) is 0 Å². The first-order valence-electron chi connectivity index (χ1n) is 4.12. The van der Waals surface area contributed by atoms with Crippen molar-refractivity contribution in [2.75, 3.05) is 0 Å². The predicted molar refractivity (Wildman–Crippen MR) is 47.4 cm³/mol. The largest absolute Gasteiger partial charge is 1.00 e. The molecule has 1 rings (SSSR count). The smallest absolute Gasteiger partial charge is 0.448 e. The third kappa shape index (κ3) is 3.84. The van der Waals surface area contributed by atoms with E-state index in [1.165, 1.54) is 13.8 Å². The number of aryl methyl sites for hydroxylation is 1. The second-order valence-electron chi connectivity index (χ2n) is 3.17. The summed E-state index contributed by atoms with van der Waals surface area (Å²) in [6, 6.07) is 0. The molecule has 1 aromatic rings. The van der Waals surface area contributed by atoms with Crippen LogP contribution < -0.4 is 51.4 Å². The van der Waals surface area contributed by atoms with Crippen molar-refractivity contribution in [3.05, 3.63) is 21.5 Å². The third-order valence-corrected chi connectivity index (χ3v) is 1.91. The van der Waals surface area contributed by atoms with Gasteiger partial charge in [-0.2, -0.15) is 5.10 Å². The number of hydrogen-bond acceptors (Lipinski definition) is 3. The molecule has 0 unspecified atom stereocenters. The molecule has 0 spiro atoms. The maximum Gasteiger partial charge on any atom is 1.00 e. The summed E-state index contributed by atoms with van der Waals surface area (Å²) in [7, 11) is 0. The topological polar surface area (TPSA) is 61.0 Å². The molecule has 84 valence electrons. The Balaban J connectivity index is 0.00000225. The van der Waals surface area contributed by atoms with Gasteiger partial charge in [0.2, 0.25) is 0 Å². The molecule has 0 bridgehead atoms. The summed E-state index contributed by atoms with van der Waals surface area (Å²) in [6.07, 6.45) is -1.25. The van der Waals surface area contributed by atoms with Gasteiger partial charge < -0.3 is 12.9 Å². The van der Waals surface area contributed by atoms with Crippen LogP contribution in [0, 0.1) is 24.0 Å². The van der Waals surface area contributed by atoms with E-state index in [0.717, 1.165) is 0 Å². The molecule has 5 nitrogen and oxygen atoms in total. The van der Waals surface area contributed by atoms with Crippen LogP contribution in [0.3, 0.4) is 0 Å². The Kier molecular flexibility index (Phi) is 5.66. The Morgan fingerprint density at radius 2 is 1.94 bits per heavy atom. The van der Waals surface area contributed by atoms with Gasteiger partial charge >= 0.3 is 64.0 Å². The van der Waals surface area contributed by atoms with E-state index >= 15 is 0 Å². The Morgan fingerprint density at radius 3 is 2.25 bits per heavy atom. The molecule has 1 heterocycles. The number of halogens is 3. The molecule has 0 fully saturated rings. The van der Waals surface area contributed by atoms with Crippen LogP contribution in [0.1, 0.15) is 11.4 Å². The molecule has 0 amide bonds. The molecular weight excluding hydrogens is 253 g/mol. The van der Waals surface area contributed by atoms with Crippen LogP contribution in [0.5, 0.6) is 0 Å². The fourth-order valence-electron chi connectivity index (χ4n) is 1.33. The van der Waals surface area contributed by atoms with Crippen molar-refractivity contribution >= 4 is 12.7 Å². The van der Waals surface area contributed by atoms with Crippen molar-refractivity contribution in [2.24, 2.45) is 0 Å². The van der Waals surface area contributed by atoms with Crippen LogP contribution in [0.2, 0.25) is 0 Å². The monoisotopic (exact) mass is 261 g/mol. The quantitative estimate of drug-likeness (QED) is 0.390. The van der Waals surface area contributed by atoms with Crippen LogP contribution in [0.25, 0.3) is 0 Å². The fraction of sp³-hybridized carbons (Fsp3) is 0.500. The van der Waals surface area contributed by atoms with Gasteiger partial charge in [0.15, 0.2) is 0 Å². The van der Waals surface area contributed by atoms with Gasteiger partial charge in [-0.25, -0.2) is 0 Å². The Hall–Kier alpha value is 0.101. The SMILES string of the molecule is Cc1nn(C[B-](F)(F)F)c(C)c1[N+](=O)[O-].[K+]. The van der Waals surface area contributed by atoms with Crippen molar-refractivity contribution in [1.29, 1.82) is 0 Å². The van der Waals surface area contributed by atoms with Crippen molar-refractivity contribution in [3.8, 4) is 0 Å².